The lowest BCUT2D eigenvalue weighted by atomic mass is 9.93. The Kier molecular flexibility index (Phi) is 5.43. The molecule has 0 saturated heterocycles. The van der Waals surface area contributed by atoms with E-state index in [-0.39, 0.29) is 5.91 Å². The monoisotopic (exact) mass is 389 g/mol. The van der Waals surface area contributed by atoms with Gasteiger partial charge in [-0.25, -0.2) is 0 Å². The second-order valence-corrected chi connectivity index (χ2v) is 7.58. The average Bonchev–Trinajstić information content (AvgIpc) is 3.09. The van der Waals surface area contributed by atoms with Crippen molar-refractivity contribution < 1.29 is 13.9 Å². The number of furan rings is 1. The Labute approximate surface area is 171 Å². The Bertz CT molecular complexity index is 1080. The van der Waals surface area contributed by atoms with E-state index in [4.69, 9.17) is 9.15 Å². The molecule has 0 unspecified atom stereocenters. The van der Waals surface area contributed by atoms with Gasteiger partial charge in [0.25, 0.3) is 0 Å². The van der Waals surface area contributed by atoms with E-state index in [1.807, 2.05) is 51.1 Å². The van der Waals surface area contributed by atoms with Gasteiger partial charge in [-0.3, -0.25) is 4.79 Å². The van der Waals surface area contributed by atoms with E-state index in [1.54, 1.807) is 6.08 Å². The standard InChI is InChI=1S/C25H27NO3/c1-4-28-24-17(3)25-21(19-12-8-9-13-22(19)29-25)15-20(24)16(2)14-23(27)26-18-10-6-5-7-11-18/h5-7,10-11,14-15H,4,8-9,12-13H2,1-3H3,(H,26,27)/b16-14+. The number of carbonyl (C=O) groups is 1. The molecule has 4 nitrogen and oxygen atoms in total. The fraction of sp³-hybridized carbons (Fsp3) is 0.320. The van der Waals surface area contributed by atoms with Crippen LogP contribution in [0.5, 0.6) is 5.75 Å². The Hall–Kier alpha value is -3.01. The maximum absolute atomic E-state index is 12.5. The molecule has 3 aromatic rings. The number of amides is 1. The molecule has 1 N–H and O–H groups in total. The van der Waals surface area contributed by atoms with Crippen molar-refractivity contribution in [2.45, 2.75) is 46.5 Å². The number of ether oxygens (including phenoxy) is 1. The molecule has 0 bridgehead atoms. The molecule has 1 amide bonds. The summed E-state index contributed by atoms with van der Waals surface area (Å²) < 4.78 is 12.2. The molecule has 0 atom stereocenters. The number of benzene rings is 2. The number of para-hydroxylation sites is 1. The van der Waals surface area contributed by atoms with Crippen LogP contribution in [0.25, 0.3) is 16.5 Å². The highest BCUT2D eigenvalue weighted by atomic mass is 16.5. The number of nitrogens with one attached hydrogen (secondary N) is 1. The van der Waals surface area contributed by atoms with Crippen LogP contribution < -0.4 is 10.1 Å². The van der Waals surface area contributed by atoms with Crippen LogP contribution in [0.1, 0.15) is 49.1 Å². The molecule has 150 valence electrons. The number of aryl methyl sites for hydroxylation is 3. The highest BCUT2D eigenvalue weighted by Gasteiger charge is 2.23. The van der Waals surface area contributed by atoms with Crippen molar-refractivity contribution >= 4 is 28.1 Å². The normalized spacial score (nSPS) is 14.0. The molecule has 29 heavy (non-hydrogen) atoms. The van der Waals surface area contributed by atoms with E-state index in [2.05, 4.69) is 11.4 Å². The third-order valence-corrected chi connectivity index (χ3v) is 5.53. The van der Waals surface area contributed by atoms with Crippen LogP contribution in [0, 0.1) is 6.92 Å². The molecule has 1 aliphatic rings. The van der Waals surface area contributed by atoms with Gasteiger partial charge in [0.2, 0.25) is 5.91 Å². The number of fused-ring (bicyclic) bond motifs is 3. The summed E-state index contributed by atoms with van der Waals surface area (Å²) >= 11 is 0. The number of allylic oxidation sites excluding steroid dienone is 1. The van der Waals surface area contributed by atoms with Crippen LogP contribution in [-0.2, 0) is 17.6 Å². The fourth-order valence-corrected chi connectivity index (χ4v) is 4.13. The quantitative estimate of drug-likeness (QED) is 0.540. The summed E-state index contributed by atoms with van der Waals surface area (Å²) in [6.07, 6.45) is 6.05. The van der Waals surface area contributed by atoms with Gasteiger partial charge in [-0.2, -0.15) is 0 Å². The van der Waals surface area contributed by atoms with Gasteiger partial charge >= 0.3 is 0 Å². The van der Waals surface area contributed by atoms with Gasteiger partial charge in [-0.15, -0.1) is 0 Å². The zero-order valence-corrected chi connectivity index (χ0v) is 17.3. The highest BCUT2D eigenvalue weighted by molar-refractivity contribution is 6.05. The second-order valence-electron chi connectivity index (χ2n) is 7.58. The van der Waals surface area contributed by atoms with Crippen LogP contribution in [0.2, 0.25) is 0 Å². The lowest BCUT2D eigenvalue weighted by molar-refractivity contribution is -0.111. The number of hydrogen-bond acceptors (Lipinski definition) is 3. The lowest BCUT2D eigenvalue weighted by Gasteiger charge is -2.15. The van der Waals surface area contributed by atoms with Crippen LogP contribution >= 0.6 is 0 Å². The van der Waals surface area contributed by atoms with Crippen molar-refractivity contribution in [3.05, 3.63) is 64.9 Å². The summed E-state index contributed by atoms with van der Waals surface area (Å²) in [5.74, 6) is 1.76. The number of hydrogen-bond donors (Lipinski definition) is 1. The number of carbonyl (C=O) groups excluding carboxylic acids is 1. The Balaban J connectivity index is 1.76. The average molecular weight is 389 g/mol. The zero-order valence-electron chi connectivity index (χ0n) is 17.3. The molecule has 4 rings (SSSR count). The summed E-state index contributed by atoms with van der Waals surface area (Å²) in [5.41, 5.74) is 5.85. The minimum absolute atomic E-state index is 0.150. The first-order valence-corrected chi connectivity index (χ1v) is 10.3. The van der Waals surface area contributed by atoms with Crippen molar-refractivity contribution in [2.75, 3.05) is 11.9 Å². The van der Waals surface area contributed by atoms with Gasteiger partial charge in [0.15, 0.2) is 0 Å². The molecule has 1 heterocycles. The summed E-state index contributed by atoms with van der Waals surface area (Å²) in [6.45, 7) is 6.54. The minimum atomic E-state index is -0.150. The van der Waals surface area contributed by atoms with E-state index < -0.39 is 0 Å². The molecule has 0 radical (unpaired) electrons. The Morgan fingerprint density at radius 3 is 2.72 bits per heavy atom. The molecule has 1 aliphatic carbocycles. The van der Waals surface area contributed by atoms with Crippen molar-refractivity contribution in [1.29, 1.82) is 0 Å². The van der Waals surface area contributed by atoms with E-state index in [0.29, 0.717) is 6.61 Å². The lowest BCUT2D eigenvalue weighted by Crippen LogP contribution is -2.08. The zero-order chi connectivity index (χ0) is 20.4. The van der Waals surface area contributed by atoms with Gasteiger partial charge < -0.3 is 14.5 Å². The van der Waals surface area contributed by atoms with Crippen LogP contribution in [0.3, 0.4) is 0 Å². The topological polar surface area (TPSA) is 51.5 Å². The van der Waals surface area contributed by atoms with E-state index >= 15 is 0 Å². The molecule has 0 saturated carbocycles. The van der Waals surface area contributed by atoms with Crippen LogP contribution in [0.15, 0.2) is 46.9 Å². The van der Waals surface area contributed by atoms with Crippen molar-refractivity contribution in [1.82, 2.24) is 0 Å². The maximum Gasteiger partial charge on any atom is 0.248 e. The largest absolute Gasteiger partial charge is 0.493 e. The molecule has 4 heteroatoms. The Morgan fingerprint density at radius 2 is 1.97 bits per heavy atom. The molecular formula is C25H27NO3. The summed E-state index contributed by atoms with van der Waals surface area (Å²) in [7, 11) is 0. The number of anilines is 1. The third-order valence-electron chi connectivity index (χ3n) is 5.53. The van der Waals surface area contributed by atoms with Crippen LogP contribution in [-0.4, -0.2) is 12.5 Å². The molecule has 2 aromatic carbocycles. The highest BCUT2D eigenvalue weighted by Crippen LogP contribution is 2.41. The third kappa shape index (κ3) is 3.80. The summed E-state index contributed by atoms with van der Waals surface area (Å²) in [6, 6.07) is 11.6. The fourth-order valence-electron chi connectivity index (χ4n) is 4.13. The predicted molar refractivity (Wildman–Crippen MR) is 117 cm³/mol. The van der Waals surface area contributed by atoms with Crippen LogP contribution in [0.4, 0.5) is 5.69 Å². The van der Waals surface area contributed by atoms with Crippen molar-refractivity contribution in [2.24, 2.45) is 0 Å². The van der Waals surface area contributed by atoms with Crippen molar-refractivity contribution in [3.8, 4) is 5.75 Å². The first kappa shape index (κ1) is 19.3. The predicted octanol–water partition coefficient (Wildman–Crippen LogP) is 6.06. The van der Waals surface area contributed by atoms with Gasteiger partial charge in [-0.05, 0) is 63.8 Å². The SMILES string of the molecule is CCOc1c(/C(C)=C/C(=O)Nc2ccccc2)cc2c3c(oc2c1C)CCCC3. The minimum Gasteiger partial charge on any atom is -0.493 e. The molecule has 0 spiro atoms. The van der Waals surface area contributed by atoms with Gasteiger partial charge in [-0.1, -0.05) is 18.2 Å². The molecule has 0 aliphatic heterocycles. The second kappa shape index (κ2) is 8.16. The van der Waals surface area contributed by atoms with Gasteiger partial charge in [0.05, 0.1) is 6.61 Å². The van der Waals surface area contributed by atoms with E-state index in [1.165, 1.54) is 18.4 Å². The first-order valence-electron chi connectivity index (χ1n) is 10.3. The maximum atomic E-state index is 12.5. The molecule has 1 aromatic heterocycles. The Morgan fingerprint density at radius 1 is 1.21 bits per heavy atom. The number of rotatable bonds is 5. The molecular weight excluding hydrogens is 362 g/mol. The van der Waals surface area contributed by atoms with E-state index in [9.17, 15) is 4.79 Å². The first-order chi connectivity index (χ1) is 14.1. The van der Waals surface area contributed by atoms with E-state index in [0.717, 1.165) is 57.7 Å². The molecule has 0 fully saturated rings. The van der Waals surface area contributed by atoms with Gasteiger partial charge in [0, 0.05) is 40.3 Å². The summed E-state index contributed by atoms with van der Waals surface area (Å²) in [5, 5.41) is 4.08. The summed E-state index contributed by atoms with van der Waals surface area (Å²) in [4.78, 5) is 12.5. The smallest absolute Gasteiger partial charge is 0.248 e. The van der Waals surface area contributed by atoms with Gasteiger partial charge in [0.1, 0.15) is 17.1 Å². The van der Waals surface area contributed by atoms with Crippen molar-refractivity contribution in [3.63, 3.8) is 0 Å².